The number of hydrogen-bond acceptors (Lipinski definition) is 3. The molecule has 0 unspecified atom stereocenters. The minimum absolute atomic E-state index is 0.0698. The lowest BCUT2D eigenvalue weighted by molar-refractivity contribution is -0.130. The van der Waals surface area contributed by atoms with Gasteiger partial charge in [-0.2, -0.15) is 0 Å². The summed E-state index contributed by atoms with van der Waals surface area (Å²) in [6, 6.07) is 6.37. The Morgan fingerprint density at radius 2 is 1.88 bits per heavy atom. The summed E-state index contributed by atoms with van der Waals surface area (Å²) in [5.74, 6) is 0.598. The standard InChI is InChI=1S/C20H30ClN3O/c21-18-5-6-19(16-7-12-24(13-8-16)20(25)15-22)17(14-18)4-3-11-23-9-1-2-10-23/h5-6,14,16H,1-4,7-13,15,22H2. The van der Waals surface area contributed by atoms with Gasteiger partial charge in [0, 0.05) is 18.1 Å². The van der Waals surface area contributed by atoms with Crippen LogP contribution in [0.2, 0.25) is 5.02 Å². The summed E-state index contributed by atoms with van der Waals surface area (Å²) in [4.78, 5) is 16.2. The van der Waals surface area contributed by atoms with E-state index in [4.69, 9.17) is 17.3 Å². The fourth-order valence-corrected chi connectivity index (χ4v) is 4.45. The summed E-state index contributed by atoms with van der Waals surface area (Å²) < 4.78 is 0. The number of rotatable bonds is 6. The lowest BCUT2D eigenvalue weighted by atomic mass is 9.85. The number of carbonyl (C=O) groups is 1. The van der Waals surface area contributed by atoms with Gasteiger partial charge in [-0.05, 0) is 87.3 Å². The zero-order chi connectivity index (χ0) is 17.6. The van der Waals surface area contributed by atoms with Gasteiger partial charge in [-0.15, -0.1) is 0 Å². The van der Waals surface area contributed by atoms with Crippen LogP contribution in [-0.2, 0) is 11.2 Å². The van der Waals surface area contributed by atoms with E-state index in [0.29, 0.717) is 5.92 Å². The smallest absolute Gasteiger partial charge is 0.236 e. The van der Waals surface area contributed by atoms with E-state index in [1.54, 1.807) is 0 Å². The molecule has 2 aliphatic heterocycles. The molecule has 0 radical (unpaired) electrons. The molecule has 1 aromatic rings. The minimum atomic E-state index is 0.0698. The number of nitrogens with zero attached hydrogens (tertiary/aromatic N) is 2. The molecule has 0 atom stereocenters. The first-order valence-electron chi connectivity index (χ1n) is 9.66. The summed E-state index contributed by atoms with van der Waals surface area (Å²) >= 11 is 6.27. The van der Waals surface area contributed by atoms with Crippen LogP contribution in [0.4, 0.5) is 0 Å². The molecule has 5 heteroatoms. The Hall–Kier alpha value is -1.10. The van der Waals surface area contributed by atoms with Crippen LogP contribution in [0.5, 0.6) is 0 Å². The van der Waals surface area contributed by atoms with Crippen molar-refractivity contribution in [1.29, 1.82) is 0 Å². The van der Waals surface area contributed by atoms with Crippen molar-refractivity contribution in [2.24, 2.45) is 5.73 Å². The average Bonchev–Trinajstić information content (AvgIpc) is 3.15. The molecule has 25 heavy (non-hydrogen) atoms. The molecular weight excluding hydrogens is 334 g/mol. The fourth-order valence-electron chi connectivity index (χ4n) is 4.26. The predicted molar refractivity (Wildman–Crippen MR) is 103 cm³/mol. The predicted octanol–water partition coefficient (Wildman–Crippen LogP) is 3.03. The van der Waals surface area contributed by atoms with Gasteiger partial charge in [0.2, 0.25) is 5.91 Å². The molecule has 2 aliphatic rings. The molecule has 2 saturated heterocycles. The van der Waals surface area contributed by atoms with Crippen molar-refractivity contribution in [3.8, 4) is 0 Å². The van der Waals surface area contributed by atoms with Gasteiger partial charge in [0.05, 0.1) is 6.54 Å². The quantitative estimate of drug-likeness (QED) is 0.845. The van der Waals surface area contributed by atoms with Gasteiger partial charge in [-0.1, -0.05) is 17.7 Å². The van der Waals surface area contributed by atoms with Crippen molar-refractivity contribution < 1.29 is 4.79 Å². The Balaban J connectivity index is 1.60. The molecule has 4 nitrogen and oxygen atoms in total. The Kier molecular flexibility index (Phi) is 6.74. The van der Waals surface area contributed by atoms with Gasteiger partial charge in [-0.25, -0.2) is 0 Å². The summed E-state index contributed by atoms with van der Waals surface area (Å²) in [6.45, 7) is 5.46. The number of carbonyl (C=O) groups excluding carboxylic acids is 1. The molecule has 0 saturated carbocycles. The number of aryl methyl sites for hydroxylation is 1. The van der Waals surface area contributed by atoms with Crippen LogP contribution in [0.25, 0.3) is 0 Å². The van der Waals surface area contributed by atoms with E-state index in [2.05, 4.69) is 17.0 Å². The third-order valence-electron chi connectivity index (χ3n) is 5.69. The molecule has 0 aromatic heterocycles. The van der Waals surface area contributed by atoms with Crippen molar-refractivity contribution in [2.75, 3.05) is 39.3 Å². The van der Waals surface area contributed by atoms with Crippen LogP contribution >= 0.6 is 11.6 Å². The average molecular weight is 364 g/mol. The number of benzene rings is 1. The highest BCUT2D eigenvalue weighted by Crippen LogP contribution is 2.32. The third kappa shape index (κ3) is 4.96. The van der Waals surface area contributed by atoms with Gasteiger partial charge in [0.25, 0.3) is 0 Å². The van der Waals surface area contributed by atoms with Gasteiger partial charge >= 0.3 is 0 Å². The van der Waals surface area contributed by atoms with Gasteiger partial charge in [0.15, 0.2) is 0 Å². The molecule has 2 heterocycles. The normalized spacial score (nSPS) is 19.5. The number of likely N-dealkylation sites (tertiary alicyclic amines) is 2. The van der Waals surface area contributed by atoms with E-state index < -0.39 is 0 Å². The van der Waals surface area contributed by atoms with E-state index in [-0.39, 0.29) is 12.5 Å². The third-order valence-corrected chi connectivity index (χ3v) is 5.92. The largest absolute Gasteiger partial charge is 0.342 e. The highest BCUT2D eigenvalue weighted by Gasteiger charge is 2.24. The molecule has 2 N–H and O–H groups in total. The first kappa shape index (κ1) is 18.7. The number of hydrogen-bond donors (Lipinski definition) is 1. The second-order valence-electron chi connectivity index (χ2n) is 7.35. The first-order valence-corrected chi connectivity index (χ1v) is 10.0. The Labute approximate surface area is 156 Å². The van der Waals surface area contributed by atoms with Crippen LogP contribution < -0.4 is 5.73 Å². The van der Waals surface area contributed by atoms with Crippen molar-refractivity contribution in [2.45, 2.75) is 44.4 Å². The highest BCUT2D eigenvalue weighted by atomic mass is 35.5. The monoisotopic (exact) mass is 363 g/mol. The summed E-state index contributed by atoms with van der Waals surface area (Å²) in [5, 5.41) is 0.829. The van der Waals surface area contributed by atoms with Crippen molar-refractivity contribution in [3.05, 3.63) is 34.3 Å². The zero-order valence-electron chi connectivity index (χ0n) is 15.1. The highest BCUT2D eigenvalue weighted by molar-refractivity contribution is 6.30. The SMILES string of the molecule is NCC(=O)N1CCC(c2ccc(Cl)cc2CCCN2CCCC2)CC1. The van der Waals surface area contributed by atoms with Crippen LogP contribution in [0.15, 0.2) is 18.2 Å². The molecular formula is C20H30ClN3O. The molecule has 0 bridgehead atoms. The number of piperidine rings is 1. The second kappa shape index (κ2) is 9.02. The van der Waals surface area contributed by atoms with Gasteiger partial charge in [0.1, 0.15) is 0 Å². The molecule has 1 aromatic carbocycles. The Morgan fingerprint density at radius 3 is 2.56 bits per heavy atom. The minimum Gasteiger partial charge on any atom is -0.342 e. The zero-order valence-corrected chi connectivity index (χ0v) is 15.8. The maximum absolute atomic E-state index is 11.8. The van der Waals surface area contributed by atoms with Crippen LogP contribution in [0.1, 0.15) is 49.1 Å². The second-order valence-corrected chi connectivity index (χ2v) is 7.79. The van der Waals surface area contributed by atoms with Crippen LogP contribution in [-0.4, -0.2) is 55.0 Å². The fraction of sp³-hybridized carbons (Fsp3) is 0.650. The molecule has 3 rings (SSSR count). The number of amides is 1. The van der Waals surface area contributed by atoms with Gasteiger partial charge in [-0.3, -0.25) is 4.79 Å². The van der Waals surface area contributed by atoms with Crippen molar-refractivity contribution >= 4 is 17.5 Å². The van der Waals surface area contributed by atoms with E-state index in [9.17, 15) is 4.79 Å². The topological polar surface area (TPSA) is 49.6 Å². The number of nitrogens with two attached hydrogens (primary N) is 1. The van der Waals surface area contributed by atoms with E-state index in [1.165, 1.54) is 50.0 Å². The van der Waals surface area contributed by atoms with Crippen LogP contribution in [0, 0.1) is 0 Å². The first-order chi connectivity index (χ1) is 12.2. The molecule has 1 amide bonds. The van der Waals surface area contributed by atoms with Crippen molar-refractivity contribution in [3.63, 3.8) is 0 Å². The Bertz CT molecular complexity index is 578. The van der Waals surface area contributed by atoms with E-state index in [0.717, 1.165) is 37.4 Å². The lowest BCUT2D eigenvalue weighted by Gasteiger charge is -2.33. The molecule has 138 valence electrons. The Morgan fingerprint density at radius 1 is 1.16 bits per heavy atom. The molecule has 2 fully saturated rings. The summed E-state index contributed by atoms with van der Waals surface area (Å²) in [5.41, 5.74) is 8.32. The summed E-state index contributed by atoms with van der Waals surface area (Å²) in [6.07, 6.45) is 7.02. The molecule has 0 aliphatic carbocycles. The van der Waals surface area contributed by atoms with Crippen LogP contribution in [0.3, 0.4) is 0 Å². The van der Waals surface area contributed by atoms with E-state index in [1.807, 2.05) is 11.0 Å². The van der Waals surface area contributed by atoms with E-state index >= 15 is 0 Å². The van der Waals surface area contributed by atoms with Crippen molar-refractivity contribution in [1.82, 2.24) is 9.80 Å². The molecule has 0 spiro atoms. The lowest BCUT2D eigenvalue weighted by Crippen LogP contribution is -2.41. The maximum atomic E-state index is 11.8. The number of halogens is 1. The summed E-state index contributed by atoms with van der Waals surface area (Å²) in [7, 11) is 0. The van der Waals surface area contributed by atoms with Gasteiger partial charge < -0.3 is 15.5 Å². The maximum Gasteiger partial charge on any atom is 0.236 e.